The fraction of sp³-hybridized carbons (Fsp3) is 0.0800. The molecule has 0 fully saturated rings. The third kappa shape index (κ3) is 4.18. The van der Waals surface area contributed by atoms with E-state index in [2.05, 4.69) is 15.4 Å². The van der Waals surface area contributed by atoms with Gasteiger partial charge in [0.2, 0.25) is 0 Å². The van der Waals surface area contributed by atoms with E-state index in [1.165, 1.54) is 15.6 Å². The average Bonchev–Trinajstić information content (AvgIpc) is 3.22. The van der Waals surface area contributed by atoms with Gasteiger partial charge in [-0.05, 0) is 48.0 Å². The maximum absolute atomic E-state index is 13.3. The maximum Gasteiger partial charge on any atom is 0.265 e. The van der Waals surface area contributed by atoms with E-state index in [0.29, 0.717) is 21.7 Å². The molecule has 0 saturated carbocycles. The standard InChI is InChI=1S/C25H18ClN5O3/c26-18-10-8-16(9-11-18)15-30-23-17(5-4-12-27-23)13-20(25(30)34)24(33)28-21-14-22(32)31(29-21)19-6-2-1-3-7-19/h1-13H,14-15H2,(H,28,29,33). The molecule has 2 aromatic heterocycles. The largest absolute Gasteiger partial charge is 0.308 e. The summed E-state index contributed by atoms with van der Waals surface area (Å²) in [4.78, 5) is 43.2. The molecule has 0 atom stereocenters. The van der Waals surface area contributed by atoms with Crippen LogP contribution in [-0.2, 0) is 11.3 Å². The molecule has 0 aliphatic carbocycles. The number of amidine groups is 1. The highest BCUT2D eigenvalue weighted by molar-refractivity contribution is 6.30. The number of amides is 2. The third-order valence-corrected chi connectivity index (χ3v) is 5.63. The van der Waals surface area contributed by atoms with E-state index >= 15 is 0 Å². The average molecular weight is 472 g/mol. The van der Waals surface area contributed by atoms with E-state index in [0.717, 1.165) is 5.56 Å². The summed E-state index contributed by atoms with van der Waals surface area (Å²) in [5, 5.41) is 9.31. The zero-order valence-corrected chi connectivity index (χ0v) is 18.6. The number of fused-ring (bicyclic) bond motifs is 1. The van der Waals surface area contributed by atoms with Gasteiger partial charge in [-0.2, -0.15) is 10.1 Å². The van der Waals surface area contributed by atoms with Gasteiger partial charge in [-0.15, -0.1) is 0 Å². The number of pyridine rings is 2. The smallest absolute Gasteiger partial charge is 0.265 e. The minimum Gasteiger partial charge on any atom is -0.308 e. The van der Waals surface area contributed by atoms with Crippen LogP contribution in [0.15, 0.2) is 88.9 Å². The molecular formula is C25H18ClN5O3. The van der Waals surface area contributed by atoms with Gasteiger partial charge < -0.3 is 5.32 Å². The SMILES string of the molecule is O=C(NC1=NN(c2ccccc2)C(=O)C1)c1cc2cccnc2n(Cc2ccc(Cl)cc2)c1=O. The summed E-state index contributed by atoms with van der Waals surface area (Å²) in [7, 11) is 0. The molecule has 0 radical (unpaired) electrons. The van der Waals surface area contributed by atoms with Crippen LogP contribution in [-0.4, -0.2) is 27.2 Å². The lowest BCUT2D eigenvalue weighted by Gasteiger charge is -2.12. The first-order valence-electron chi connectivity index (χ1n) is 10.5. The van der Waals surface area contributed by atoms with Crippen molar-refractivity contribution in [2.45, 2.75) is 13.0 Å². The van der Waals surface area contributed by atoms with Crippen molar-refractivity contribution >= 4 is 46.0 Å². The highest BCUT2D eigenvalue weighted by Gasteiger charge is 2.27. The molecule has 2 amide bonds. The van der Waals surface area contributed by atoms with E-state index in [-0.39, 0.29) is 30.3 Å². The van der Waals surface area contributed by atoms with Crippen LogP contribution < -0.4 is 15.9 Å². The molecule has 0 saturated heterocycles. The number of nitrogens with zero attached hydrogens (tertiary/aromatic N) is 4. The zero-order valence-electron chi connectivity index (χ0n) is 17.8. The van der Waals surface area contributed by atoms with Crippen LogP contribution in [0.1, 0.15) is 22.3 Å². The minimum atomic E-state index is -0.637. The summed E-state index contributed by atoms with van der Waals surface area (Å²) < 4.78 is 1.45. The van der Waals surface area contributed by atoms with Gasteiger partial charge in [-0.3, -0.25) is 19.0 Å². The monoisotopic (exact) mass is 471 g/mol. The van der Waals surface area contributed by atoms with Crippen LogP contribution in [0.3, 0.4) is 0 Å². The van der Waals surface area contributed by atoms with E-state index in [1.807, 2.05) is 18.2 Å². The maximum atomic E-state index is 13.3. The highest BCUT2D eigenvalue weighted by atomic mass is 35.5. The summed E-state index contributed by atoms with van der Waals surface area (Å²) in [5.74, 6) is -0.736. The number of halogens is 1. The normalized spacial score (nSPS) is 13.3. The minimum absolute atomic E-state index is 0.0669. The Morgan fingerprint density at radius 1 is 1.00 bits per heavy atom. The number of rotatable bonds is 4. The Hall–Kier alpha value is -4.30. The van der Waals surface area contributed by atoms with Crippen molar-refractivity contribution in [3.8, 4) is 0 Å². The molecule has 0 spiro atoms. The molecule has 1 aliphatic rings. The summed E-state index contributed by atoms with van der Waals surface area (Å²) in [6.07, 6.45) is 1.52. The van der Waals surface area contributed by atoms with Gasteiger partial charge >= 0.3 is 0 Å². The number of nitrogens with one attached hydrogen (secondary N) is 1. The second-order valence-electron chi connectivity index (χ2n) is 7.71. The number of hydrazone groups is 1. The molecule has 3 heterocycles. The van der Waals surface area contributed by atoms with Crippen LogP contribution in [0.2, 0.25) is 5.02 Å². The quantitative estimate of drug-likeness (QED) is 0.492. The summed E-state index contributed by atoms with van der Waals surface area (Å²) in [5.41, 5.74) is 1.33. The summed E-state index contributed by atoms with van der Waals surface area (Å²) in [6.45, 7) is 0.214. The summed E-state index contributed by atoms with van der Waals surface area (Å²) >= 11 is 5.98. The van der Waals surface area contributed by atoms with Gasteiger partial charge in [-0.1, -0.05) is 41.9 Å². The predicted molar refractivity (Wildman–Crippen MR) is 130 cm³/mol. The van der Waals surface area contributed by atoms with Crippen molar-refractivity contribution in [2.75, 3.05) is 5.01 Å². The lowest BCUT2D eigenvalue weighted by atomic mass is 10.1. The fourth-order valence-electron chi connectivity index (χ4n) is 3.76. The first-order chi connectivity index (χ1) is 16.5. The number of hydrogen-bond acceptors (Lipinski definition) is 5. The van der Waals surface area contributed by atoms with E-state index in [4.69, 9.17) is 11.6 Å². The number of benzene rings is 2. The first kappa shape index (κ1) is 21.5. The number of anilines is 1. The van der Waals surface area contributed by atoms with Crippen molar-refractivity contribution in [1.82, 2.24) is 14.9 Å². The molecule has 1 aliphatic heterocycles. The van der Waals surface area contributed by atoms with Gasteiger partial charge in [0, 0.05) is 16.6 Å². The van der Waals surface area contributed by atoms with E-state index < -0.39 is 11.5 Å². The highest BCUT2D eigenvalue weighted by Crippen LogP contribution is 2.20. The Labute approximate surface area is 199 Å². The second kappa shape index (κ2) is 8.92. The molecule has 2 aromatic carbocycles. The van der Waals surface area contributed by atoms with Crippen LogP contribution in [0, 0.1) is 0 Å². The van der Waals surface area contributed by atoms with Crippen LogP contribution in [0.5, 0.6) is 0 Å². The zero-order chi connectivity index (χ0) is 23.7. The number of aromatic nitrogens is 2. The fourth-order valence-corrected chi connectivity index (χ4v) is 3.88. The molecular weight excluding hydrogens is 454 g/mol. The van der Waals surface area contributed by atoms with Gasteiger partial charge in [-0.25, -0.2) is 4.98 Å². The van der Waals surface area contributed by atoms with Crippen molar-refractivity contribution in [3.63, 3.8) is 0 Å². The Bertz CT molecular complexity index is 1500. The lowest BCUT2D eigenvalue weighted by Crippen LogP contribution is -2.36. The van der Waals surface area contributed by atoms with Crippen molar-refractivity contribution in [3.05, 3.63) is 105 Å². The predicted octanol–water partition coefficient (Wildman–Crippen LogP) is 3.58. The van der Waals surface area contributed by atoms with Crippen molar-refractivity contribution in [1.29, 1.82) is 0 Å². The van der Waals surface area contributed by atoms with Crippen molar-refractivity contribution < 1.29 is 9.59 Å². The molecule has 168 valence electrons. The molecule has 0 unspecified atom stereocenters. The van der Waals surface area contributed by atoms with Gasteiger partial charge in [0.15, 0.2) is 0 Å². The Morgan fingerprint density at radius 2 is 1.76 bits per heavy atom. The summed E-state index contributed by atoms with van der Waals surface area (Å²) in [6, 6.07) is 21.0. The van der Waals surface area contributed by atoms with Crippen molar-refractivity contribution in [2.24, 2.45) is 5.10 Å². The number of para-hydroxylation sites is 1. The van der Waals surface area contributed by atoms with Crippen LogP contribution in [0.4, 0.5) is 5.69 Å². The van der Waals surface area contributed by atoms with E-state index in [1.54, 1.807) is 54.7 Å². The van der Waals surface area contributed by atoms with Gasteiger partial charge in [0.1, 0.15) is 17.0 Å². The molecule has 1 N–H and O–H groups in total. The third-order valence-electron chi connectivity index (χ3n) is 5.38. The Kier molecular flexibility index (Phi) is 5.65. The van der Waals surface area contributed by atoms with Gasteiger partial charge in [0.25, 0.3) is 17.4 Å². The Morgan fingerprint density at radius 3 is 2.53 bits per heavy atom. The number of carbonyl (C=O) groups is 2. The second-order valence-corrected chi connectivity index (χ2v) is 8.15. The topological polar surface area (TPSA) is 96.7 Å². The lowest BCUT2D eigenvalue weighted by molar-refractivity contribution is -0.116. The van der Waals surface area contributed by atoms with Crippen LogP contribution in [0.25, 0.3) is 11.0 Å². The molecule has 34 heavy (non-hydrogen) atoms. The Balaban J connectivity index is 1.48. The van der Waals surface area contributed by atoms with Crippen LogP contribution >= 0.6 is 11.6 Å². The van der Waals surface area contributed by atoms with Gasteiger partial charge in [0.05, 0.1) is 18.7 Å². The number of carbonyl (C=O) groups excluding carboxylic acids is 2. The molecule has 9 heteroatoms. The first-order valence-corrected chi connectivity index (χ1v) is 10.9. The molecule has 0 bridgehead atoms. The molecule has 5 rings (SSSR count). The van der Waals surface area contributed by atoms with E-state index in [9.17, 15) is 14.4 Å². The molecule has 8 nitrogen and oxygen atoms in total. The number of hydrogen-bond donors (Lipinski definition) is 1. The molecule has 4 aromatic rings.